The number of carbonyl (C=O) groups excluding carboxylic acids is 2. The van der Waals surface area contributed by atoms with E-state index in [0.717, 1.165) is 30.6 Å². The van der Waals surface area contributed by atoms with Crippen LogP contribution in [0.4, 0.5) is 0 Å². The Bertz CT molecular complexity index is 886. The van der Waals surface area contributed by atoms with E-state index in [2.05, 4.69) is 10.2 Å². The third-order valence-electron chi connectivity index (χ3n) is 5.82. The number of methoxy groups -OCH3 is 1. The molecule has 0 spiro atoms. The molecule has 1 aliphatic carbocycles. The van der Waals surface area contributed by atoms with Crippen LogP contribution in [0.25, 0.3) is 5.69 Å². The lowest BCUT2D eigenvalue weighted by Crippen LogP contribution is -2.51. The summed E-state index contributed by atoms with van der Waals surface area (Å²) in [5, 5.41) is 7.67. The van der Waals surface area contributed by atoms with E-state index in [4.69, 9.17) is 9.84 Å². The van der Waals surface area contributed by atoms with E-state index in [1.807, 2.05) is 41.3 Å². The Morgan fingerprint density at radius 3 is 2.55 bits per heavy atom. The van der Waals surface area contributed by atoms with Crippen LogP contribution < -0.4 is 5.32 Å². The SMILES string of the molecule is COCCCNC(=O)CN1CCN(C(=O)c2cc(C3CC3)nn2-c2ccccc2)CC1. The zero-order valence-electron chi connectivity index (χ0n) is 18.1. The van der Waals surface area contributed by atoms with Crippen LogP contribution >= 0.6 is 0 Å². The number of nitrogens with one attached hydrogen (secondary N) is 1. The first-order valence-corrected chi connectivity index (χ1v) is 11.1. The second-order valence-corrected chi connectivity index (χ2v) is 8.24. The molecule has 2 aromatic rings. The highest BCUT2D eigenvalue weighted by Crippen LogP contribution is 2.39. The number of rotatable bonds is 9. The standard InChI is InChI=1S/C23H31N5O3/c1-31-15-5-10-24-22(29)17-26-11-13-27(14-12-26)23(30)21-16-20(18-8-9-18)25-28(21)19-6-3-2-4-7-19/h2-4,6-7,16,18H,5,8-15,17H2,1H3,(H,24,29). The molecule has 2 amide bonds. The minimum absolute atomic E-state index is 0.00641. The van der Waals surface area contributed by atoms with Gasteiger partial charge in [-0.15, -0.1) is 0 Å². The molecular formula is C23H31N5O3. The highest BCUT2D eigenvalue weighted by atomic mass is 16.5. The number of benzene rings is 1. The van der Waals surface area contributed by atoms with Crippen molar-refractivity contribution >= 4 is 11.8 Å². The van der Waals surface area contributed by atoms with Gasteiger partial charge in [0, 0.05) is 52.4 Å². The van der Waals surface area contributed by atoms with Crippen molar-refractivity contribution in [1.82, 2.24) is 24.9 Å². The smallest absolute Gasteiger partial charge is 0.272 e. The van der Waals surface area contributed by atoms with E-state index in [0.29, 0.717) is 57.5 Å². The molecule has 8 heteroatoms. The van der Waals surface area contributed by atoms with Crippen molar-refractivity contribution in [2.45, 2.75) is 25.2 Å². The Balaban J connectivity index is 1.35. The Kier molecular flexibility index (Phi) is 6.99. The quantitative estimate of drug-likeness (QED) is 0.618. The molecule has 0 radical (unpaired) electrons. The van der Waals surface area contributed by atoms with Gasteiger partial charge in [0.15, 0.2) is 0 Å². The topological polar surface area (TPSA) is 79.7 Å². The number of hydrogen-bond donors (Lipinski definition) is 1. The van der Waals surface area contributed by atoms with E-state index in [9.17, 15) is 9.59 Å². The van der Waals surface area contributed by atoms with Gasteiger partial charge in [-0.25, -0.2) is 4.68 Å². The Morgan fingerprint density at radius 2 is 1.87 bits per heavy atom. The van der Waals surface area contributed by atoms with Gasteiger partial charge in [-0.1, -0.05) is 18.2 Å². The molecule has 1 aromatic heterocycles. The monoisotopic (exact) mass is 425 g/mol. The van der Waals surface area contributed by atoms with Gasteiger partial charge in [-0.3, -0.25) is 14.5 Å². The molecule has 1 N–H and O–H groups in total. The Morgan fingerprint density at radius 1 is 1.13 bits per heavy atom. The lowest BCUT2D eigenvalue weighted by molar-refractivity contribution is -0.122. The first-order valence-electron chi connectivity index (χ1n) is 11.1. The molecule has 1 aromatic carbocycles. The number of aromatic nitrogens is 2. The van der Waals surface area contributed by atoms with E-state index >= 15 is 0 Å². The molecule has 0 atom stereocenters. The minimum atomic E-state index is 0.00641. The van der Waals surface area contributed by atoms with Crippen LogP contribution in [0, 0.1) is 0 Å². The van der Waals surface area contributed by atoms with Crippen LogP contribution in [0.1, 0.15) is 41.4 Å². The van der Waals surface area contributed by atoms with E-state index in [-0.39, 0.29) is 11.8 Å². The van der Waals surface area contributed by atoms with Gasteiger partial charge >= 0.3 is 0 Å². The van der Waals surface area contributed by atoms with Crippen LogP contribution in [0.5, 0.6) is 0 Å². The second kappa shape index (κ2) is 10.1. The Labute approximate surface area is 183 Å². The predicted octanol–water partition coefficient (Wildman–Crippen LogP) is 1.66. The fourth-order valence-electron chi connectivity index (χ4n) is 3.87. The predicted molar refractivity (Wildman–Crippen MR) is 117 cm³/mol. The molecule has 0 unspecified atom stereocenters. The molecule has 8 nitrogen and oxygen atoms in total. The molecule has 2 heterocycles. The van der Waals surface area contributed by atoms with Gasteiger partial charge in [-0.2, -0.15) is 5.10 Å². The fourth-order valence-corrected chi connectivity index (χ4v) is 3.87. The maximum Gasteiger partial charge on any atom is 0.272 e. The number of hydrogen-bond acceptors (Lipinski definition) is 5. The first-order chi connectivity index (χ1) is 15.2. The maximum absolute atomic E-state index is 13.3. The summed E-state index contributed by atoms with van der Waals surface area (Å²) in [6.45, 7) is 4.21. The van der Waals surface area contributed by atoms with Crippen LogP contribution in [-0.2, 0) is 9.53 Å². The summed E-state index contributed by atoms with van der Waals surface area (Å²) in [4.78, 5) is 29.4. The summed E-state index contributed by atoms with van der Waals surface area (Å²) < 4.78 is 6.78. The first kappa shape index (κ1) is 21.5. The number of amides is 2. The molecule has 2 fully saturated rings. The fraction of sp³-hybridized carbons (Fsp3) is 0.522. The normalized spacial score (nSPS) is 17.0. The molecule has 4 rings (SSSR count). The van der Waals surface area contributed by atoms with E-state index in [1.54, 1.807) is 11.8 Å². The van der Waals surface area contributed by atoms with Crippen LogP contribution in [-0.4, -0.2) is 84.4 Å². The lowest BCUT2D eigenvalue weighted by Gasteiger charge is -2.34. The average Bonchev–Trinajstić information content (AvgIpc) is 3.56. The molecular weight excluding hydrogens is 394 g/mol. The molecule has 31 heavy (non-hydrogen) atoms. The number of ether oxygens (including phenoxy) is 1. The number of piperazine rings is 1. The summed E-state index contributed by atoms with van der Waals surface area (Å²) in [6.07, 6.45) is 3.10. The van der Waals surface area contributed by atoms with Crippen molar-refractivity contribution in [2.75, 3.05) is 53.0 Å². The largest absolute Gasteiger partial charge is 0.385 e. The summed E-state index contributed by atoms with van der Waals surface area (Å²) in [7, 11) is 1.65. The third-order valence-corrected chi connectivity index (χ3v) is 5.82. The molecule has 0 bridgehead atoms. The van der Waals surface area contributed by atoms with Gasteiger partial charge in [0.1, 0.15) is 5.69 Å². The van der Waals surface area contributed by atoms with E-state index < -0.39 is 0 Å². The molecule has 1 aliphatic heterocycles. The van der Waals surface area contributed by atoms with Gasteiger partial charge in [0.25, 0.3) is 5.91 Å². The van der Waals surface area contributed by atoms with Crippen molar-refractivity contribution in [3.05, 3.63) is 47.8 Å². The van der Waals surface area contributed by atoms with Crippen LogP contribution in [0.15, 0.2) is 36.4 Å². The zero-order valence-corrected chi connectivity index (χ0v) is 18.1. The zero-order chi connectivity index (χ0) is 21.6. The summed E-state index contributed by atoms with van der Waals surface area (Å²) in [6, 6.07) is 11.8. The van der Waals surface area contributed by atoms with Gasteiger partial charge in [0.2, 0.25) is 5.91 Å². The maximum atomic E-state index is 13.3. The molecule has 1 saturated carbocycles. The second-order valence-electron chi connectivity index (χ2n) is 8.24. The molecule has 1 saturated heterocycles. The number of carbonyl (C=O) groups is 2. The average molecular weight is 426 g/mol. The lowest BCUT2D eigenvalue weighted by atomic mass is 10.2. The van der Waals surface area contributed by atoms with Crippen LogP contribution in [0.3, 0.4) is 0 Å². The van der Waals surface area contributed by atoms with Crippen LogP contribution in [0.2, 0.25) is 0 Å². The van der Waals surface area contributed by atoms with Gasteiger partial charge in [0.05, 0.1) is 17.9 Å². The highest BCUT2D eigenvalue weighted by molar-refractivity contribution is 5.93. The summed E-state index contributed by atoms with van der Waals surface area (Å²) in [5.41, 5.74) is 2.54. The third kappa shape index (κ3) is 5.51. The van der Waals surface area contributed by atoms with Gasteiger partial charge in [-0.05, 0) is 37.5 Å². The van der Waals surface area contributed by atoms with Gasteiger partial charge < -0.3 is 15.0 Å². The highest BCUT2D eigenvalue weighted by Gasteiger charge is 2.31. The van der Waals surface area contributed by atoms with E-state index in [1.165, 1.54) is 0 Å². The number of para-hydroxylation sites is 1. The summed E-state index contributed by atoms with van der Waals surface area (Å²) >= 11 is 0. The minimum Gasteiger partial charge on any atom is -0.385 e. The molecule has 166 valence electrons. The summed E-state index contributed by atoms with van der Waals surface area (Å²) in [5.74, 6) is 0.509. The van der Waals surface area contributed by atoms with Crippen molar-refractivity contribution in [3.8, 4) is 5.69 Å². The number of nitrogens with zero attached hydrogens (tertiary/aromatic N) is 4. The van der Waals surface area contributed by atoms with Crippen molar-refractivity contribution in [3.63, 3.8) is 0 Å². The van der Waals surface area contributed by atoms with Crippen molar-refractivity contribution in [1.29, 1.82) is 0 Å². The Hall–Kier alpha value is -2.71. The van der Waals surface area contributed by atoms with Crippen molar-refractivity contribution < 1.29 is 14.3 Å². The van der Waals surface area contributed by atoms with Crippen molar-refractivity contribution in [2.24, 2.45) is 0 Å². The molecule has 2 aliphatic rings.